The molecule has 1 aliphatic carbocycles. The number of nitrogens with zero attached hydrogens (tertiary/aromatic N) is 6. The molecule has 0 aromatic heterocycles. The van der Waals surface area contributed by atoms with Gasteiger partial charge in [0.2, 0.25) is 0 Å². The van der Waals surface area contributed by atoms with Gasteiger partial charge >= 0.3 is 37.6 Å². The Hall–Kier alpha value is -12.6. The monoisotopic (exact) mass is 2180 g/mol. The number of rotatable bonds is 30. The van der Waals surface area contributed by atoms with Gasteiger partial charge in [-0.1, -0.05) is 215 Å². The molecule has 0 atom stereocenters. The summed E-state index contributed by atoms with van der Waals surface area (Å²) in [4.78, 5) is 70.7. The van der Waals surface area contributed by atoms with Crippen molar-refractivity contribution in [1.82, 2.24) is 0 Å². The highest BCUT2D eigenvalue weighted by Gasteiger charge is 2.33. The molecule has 1 saturated carbocycles. The molecule has 13 rings (SSSR count). The summed E-state index contributed by atoms with van der Waals surface area (Å²) in [6, 6.07) is 63.2. The number of hydrogen-bond donors (Lipinski definition) is 6. The Morgan fingerprint density at radius 2 is 0.580 bits per heavy atom. The normalized spacial score (nSPS) is 11.2. The lowest BCUT2D eigenvalue weighted by Gasteiger charge is -2.20. The standard InChI is InChI=1S/C20H23NO3S.C20H25NO3S.C19H23NO4S.C18H18F3NO3S.C18H19F2NO3S.C18H21NO4S/c1-13-4-9-19(14(2)10-13)24-12-17-11-16(15-5-6-15)7-8-18(17)21(23)20(22)25-3;1-13(2)16-7-8-17(18(11-16)21(23)20(22)25-5)12-24-19-9-6-14(3)10-15(19)4;1-5-23-16-7-8-17(20(22)19(21)25-4)15(11-16)12-24-18-9-6-13(2)10-14(18)3;1-11-4-7-16(12(2)8-11)25-10-13-9-14(18(19,20)21)5-6-15(13)22(24)17(23)26-3;1-11-4-7-16(12(2)8-11)24-10-14-9-13(17(19)20)5-6-15(14)21(23)18(22)25-3;1-12-5-8-17(13(2)9-12)23-11-14-10-15(22-3)6-7-16(14)19(21)18(20)24-4/h4,7-11,15,23H,5-6,12H2,1-3H3;6-11,13,23H,12H2,1-5H3;6-11,22H,5,12H2,1-4H3;4-9,24H,10H2,1-3H3;4-9,17,23H,10H2,1-3H3;5-10,21H,11H2,1-4H3. The molecule has 1 fully saturated rings. The number of amides is 6. The number of hydrogen-bond acceptors (Lipinski definition) is 26. The van der Waals surface area contributed by atoms with E-state index in [2.05, 4.69) is 26.0 Å². The van der Waals surface area contributed by atoms with Gasteiger partial charge in [0.15, 0.2) is 0 Å². The van der Waals surface area contributed by atoms with Crippen LogP contribution in [-0.4, -0.2) is 114 Å². The van der Waals surface area contributed by atoms with Crippen LogP contribution in [0.4, 0.5) is 84.8 Å². The van der Waals surface area contributed by atoms with E-state index in [-0.39, 0.29) is 55.5 Å². The summed E-state index contributed by atoms with van der Waals surface area (Å²) in [7, 11) is 1.56. The number of carbonyl (C=O) groups is 6. The van der Waals surface area contributed by atoms with Gasteiger partial charge < -0.3 is 37.9 Å². The van der Waals surface area contributed by atoms with E-state index in [1.54, 1.807) is 80.7 Å². The Balaban J connectivity index is 0.000000219. The van der Waals surface area contributed by atoms with Crippen LogP contribution in [0.2, 0.25) is 0 Å². The average molecular weight is 2180 g/mol. The van der Waals surface area contributed by atoms with Crippen LogP contribution in [0.5, 0.6) is 46.0 Å². The van der Waals surface area contributed by atoms with Gasteiger partial charge in [-0.05, 0) is 318 Å². The molecule has 12 aromatic rings. The molecule has 150 heavy (non-hydrogen) atoms. The zero-order valence-electron chi connectivity index (χ0n) is 87.8. The van der Waals surface area contributed by atoms with Gasteiger partial charge in [-0.2, -0.15) is 43.6 Å². The van der Waals surface area contributed by atoms with Crippen LogP contribution in [0.1, 0.15) is 174 Å². The van der Waals surface area contributed by atoms with Crippen molar-refractivity contribution in [3.63, 3.8) is 0 Å². The van der Waals surface area contributed by atoms with Crippen molar-refractivity contribution in [2.75, 3.05) is 81.6 Å². The number of anilines is 6. The quantitative estimate of drug-likeness (QED) is 0.0138. The minimum absolute atomic E-state index is 0.0460. The molecule has 0 heterocycles. The maximum Gasteiger partial charge on any atom is 0.416 e. The van der Waals surface area contributed by atoms with Gasteiger partial charge in [0.25, 0.3) is 6.43 Å². The lowest BCUT2D eigenvalue weighted by atomic mass is 10.0. The highest BCUT2D eigenvalue weighted by Crippen LogP contribution is 2.44. The number of carbonyl (C=O) groups excluding carboxylic acids is 6. The predicted octanol–water partition coefficient (Wildman–Crippen LogP) is 31.7. The summed E-state index contributed by atoms with van der Waals surface area (Å²) in [5.74, 6) is 6.44. The first-order valence-electron chi connectivity index (χ1n) is 47.1. The van der Waals surface area contributed by atoms with E-state index in [0.29, 0.717) is 118 Å². The molecule has 12 aromatic carbocycles. The van der Waals surface area contributed by atoms with E-state index < -0.39 is 49.6 Å². The summed E-state index contributed by atoms with van der Waals surface area (Å²) in [6.45, 7) is 31.0. The second-order valence-corrected chi connectivity index (χ2v) is 39.5. The lowest BCUT2D eigenvalue weighted by Crippen LogP contribution is -2.24. The Labute approximate surface area is 899 Å². The molecule has 0 aliphatic heterocycles. The van der Waals surface area contributed by atoms with E-state index in [1.807, 2.05) is 211 Å². The Morgan fingerprint density at radius 3 is 0.867 bits per heavy atom. The number of methoxy groups -OCH3 is 1. The molecule has 6 N–H and O–H groups in total. The smallest absolute Gasteiger partial charge is 0.416 e. The minimum atomic E-state index is -4.54. The molecule has 802 valence electrons. The van der Waals surface area contributed by atoms with Crippen LogP contribution in [0.25, 0.3) is 0 Å². The van der Waals surface area contributed by atoms with Gasteiger partial charge in [0.1, 0.15) is 85.6 Å². The maximum atomic E-state index is 13.0. The highest BCUT2D eigenvalue weighted by molar-refractivity contribution is 8.14. The first-order chi connectivity index (χ1) is 71.2. The van der Waals surface area contributed by atoms with Crippen LogP contribution in [0.3, 0.4) is 0 Å². The number of alkyl halides is 5. The zero-order valence-corrected chi connectivity index (χ0v) is 92.7. The summed E-state index contributed by atoms with van der Waals surface area (Å²) < 4.78 is 111. The number of aryl methyl sites for hydroxylation is 12. The van der Waals surface area contributed by atoms with Crippen LogP contribution < -0.4 is 68.3 Å². The second kappa shape index (κ2) is 59.3. The molecule has 37 heteroatoms. The van der Waals surface area contributed by atoms with Crippen molar-refractivity contribution in [2.45, 2.75) is 181 Å². The van der Waals surface area contributed by atoms with Gasteiger partial charge in [-0.25, -0.2) is 8.78 Å². The lowest BCUT2D eigenvalue weighted by molar-refractivity contribution is -0.137. The maximum absolute atomic E-state index is 13.0. The number of ether oxygens (including phenoxy) is 8. The third-order valence-electron chi connectivity index (χ3n) is 23.1. The van der Waals surface area contributed by atoms with E-state index in [1.165, 1.54) is 60.2 Å². The number of thioether (sulfide) groups is 6. The number of halogens is 5. The van der Waals surface area contributed by atoms with Crippen LogP contribution in [0, 0.1) is 83.1 Å². The fourth-order valence-electron chi connectivity index (χ4n) is 15.0. The minimum Gasteiger partial charge on any atom is -0.497 e. The van der Waals surface area contributed by atoms with Gasteiger partial charge in [0.05, 0.1) is 53.4 Å². The summed E-state index contributed by atoms with van der Waals surface area (Å²) >= 11 is 5.36. The molecule has 6 amide bonds. The third kappa shape index (κ3) is 36.3. The first-order valence-corrected chi connectivity index (χ1v) is 54.5. The van der Waals surface area contributed by atoms with Crippen molar-refractivity contribution < 1.29 is 120 Å². The molecular formula is C113H129F5N6O20S6. The molecule has 0 saturated heterocycles. The first kappa shape index (κ1) is 123. The summed E-state index contributed by atoms with van der Waals surface area (Å²) in [5.41, 5.74) is 18.9. The molecule has 0 spiro atoms. The van der Waals surface area contributed by atoms with Crippen molar-refractivity contribution in [2.24, 2.45) is 0 Å². The van der Waals surface area contributed by atoms with Crippen molar-refractivity contribution >= 4 is 136 Å². The fraction of sp³-hybridized carbons (Fsp3) is 0.310. The van der Waals surface area contributed by atoms with E-state index in [0.717, 1.165) is 184 Å². The van der Waals surface area contributed by atoms with E-state index in [4.69, 9.17) is 37.9 Å². The van der Waals surface area contributed by atoms with Crippen molar-refractivity contribution in [1.29, 1.82) is 0 Å². The van der Waals surface area contributed by atoms with Gasteiger partial charge in [-0.3, -0.25) is 60.0 Å². The molecule has 0 unspecified atom stereocenters. The number of benzene rings is 12. The zero-order chi connectivity index (χ0) is 111. The fourth-order valence-corrected chi connectivity index (χ4v) is 16.6. The molecule has 0 bridgehead atoms. The summed E-state index contributed by atoms with van der Waals surface area (Å²) in [5, 5.41) is 61.1. The second-order valence-electron chi connectivity index (χ2n) is 35.0. The van der Waals surface area contributed by atoms with Gasteiger partial charge in [0, 0.05) is 38.9 Å². The topological polar surface area (TPSA) is 317 Å². The van der Waals surface area contributed by atoms with Crippen LogP contribution in [-0.2, 0) is 45.8 Å². The van der Waals surface area contributed by atoms with E-state index >= 15 is 0 Å². The Kier molecular flexibility index (Phi) is 48.4. The Morgan fingerprint density at radius 1 is 0.313 bits per heavy atom. The summed E-state index contributed by atoms with van der Waals surface area (Å²) in [6.07, 6.45) is 4.69. The van der Waals surface area contributed by atoms with Crippen LogP contribution >= 0.6 is 70.6 Å². The SMILES string of the molecule is CCOc1ccc(N(O)C(=O)SC)c(COc2ccc(C)cc2C)c1.COc1ccc(N(O)C(=O)SC)c(COc2ccc(C)cc2C)c1.CSC(=O)N(O)c1cc(C(C)C)ccc1COc1ccc(C)cc1C.CSC(=O)N(O)c1ccc(C(F)(F)F)cc1COc1ccc(C)cc1C.CSC(=O)N(O)c1ccc(C(F)F)cc1COc1ccc(C)cc1C.CSC(=O)N(O)c1ccc(C2CC2)cc1COc1ccc(C)cc1C. The molecular weight excluding hydrogens is 2050 g/mol. The van der Waals surface area contributed by atoms with E-state index in [9.17, 15) is 82.0 Å². The average Bonchev–Trinajstić information content (AvgIpc) is 1.21. The van der Waals surface area contributed by atoms with Crippen molar-refractivity contribution in [3.05, 3.63) is 341 Å². The molecule has 1 aliphatic rings. The molecule has 26 nitrogen and oxygen atoms in total. The van der Waals surface area contributed by atoms with Crippen molar-refractivity contribution in [3.8, 4) is 46.0 Å². The Bertz CT molecular complexity index is 6500. The largest absolute Gasteiger partial charge is 0.497 e. The predicted molar refractivity (Wildman–Crippen MR) is 593 cm³/mol. The highest BCUT2D eigenvalue weighted by atomic mass is 32.2. The van der Waals surface area contributed by atoms with Gasteiger partial charge in [-0.15, -0.1) is 0 Å². The number of hydroxylamine groups is 6. The third-order valence-corrected chi connectivity index (χ3v) is 26.2. The molecule has 0 radical (unpaired) electrons. The van der Waals surface area contributed by atoms with Crippen LogP contribution in [0.15, 0.2) is 218 Å².